The summed E-state index contributed by atoms with van der Waals surface area (Å²) in [7, 11) is 1.42. The highest BCUT2D eigenvalue weighted by Crippen LogP contribution is 2.33. The zero-order valence-electron chi connectivity index (χ0n) is 11.7. The lowest BCUT2D eigenvalue weighted by Gasteiger charge is -2.23. The zero-order chi connectivity index (χ0) is 15.6. The fourth-order valence-electron chi connectivity index (χ4n) is 1.65. The second-order valence-corrected chi connectivity index (χ2v) is 6.33. The van der Waals surface area contributed by atoms with Crippen LogP contribution in [0.5, 0.6) is 0 Å². The Kier molecular flexibility index (Phi) is 5.26. The molecule has 1 fully saturated rings. The quantitative estimate of drug-likeness (QED) is 0.461. The highest BCUT2D eigenvalue weighted by atomic mass is 35.7. The first kappa shape index (κ1) is 17.0. The normalized spacial score (nSPS) is 15.3. The van der Waals surface area contributed by atoms with Gasteiger partial charge in [0, 0.05) is 11.5 Å². The van der Waals surface area contributed by atoms with Crippen molar-refractivity contribution in [3.63, 3.8) is 0 Å². The molecule has 0 heterocycles. The van der Waals surface area contributed by atoms with E-state index in [-0.39, 0.29) is 0 Å². The summed E-state index contributed by atoms with van der Waals surface area (Å²) in [6.45, 7) is 0. The molecule has 2 rings (SSSR count). The molecule has 7 heteroatoms. The fourth-order valence-corrected chi connectivity index (χ4v) is 1.65. The molecule has 0 amide bonds. The summed E-state index contributed by atoms with van der Waals surface area (Å²) >= 11 is 0. The molecule has 1 aromatic rings. The van der Waals surface area contributed by atoms with E-state index in [1.807, 2.05) is 12.1 Å². The number of benzene rings is 1. The number of quaternary nitrogens is 1. The smallest absolute Gasteiger partial charge is 0.165 e. The average molecular weight is 304 g/mol. The van der Waals surface area contributed by atoms with E-state index >= 15 is 0 Å². The topological polar surface area (TPSA) is 109 Å². The molecule has 0 radical (unpaired) electrons. The molecule has 1 aliphatic carbocycles. The third kappa shape index (κ3) is 6.42. The number of nitrogens with zero attached hydrogens (tertiary/aromatic N) is 1. The molecule has 0 aliphatic heterocycles. The monoisotopic (exact) mass is 303 g/mol. The lowest BCUT2D eigenvalue weighted by atomic mass is 10.1. The Morgan fingerprint density at radius 3 is 1.75 bits per heavy atom. The Morgan fingerprint density at radius 1 is 1.05 bits per heavy atom. The van der Waals surface area contributed by atoms with Crippen LogP contribution in [0.3, 0.4) is 0 Å². The number of Topliss-reactive ketones (excluding diaryl/α,β-unsaturated/α-hetero) is 1. The van der Waals surface area contributed by atoms with Crippen LogP contribution in [0.15, 0.2) is 24.3 Å². The van der Waals surface area contributed by atoms with Crippen LogP contribution >= 0.6 is 0 Å². The van der Waals surface area contributed by atoms with Crippen molar-refractivity contribution in [2.75, 3.05) is 21.1 Å². The second kappa shape index (κ2) is 6.17. The first-order valence-electron chi connectivity index (χ1n) is 6.06. The van der Waals surface area contributed by atoms with Crippen molar-refractivity contribution in [3.8, 4) is 0 Å². The van der Waals surface area contributed by atoms with E-state index in [1.165, 1.54) is 5.69 Å². The Hall–Kier alpha value is -1.02. The summed E-state index contributed by atoms with van der Waals surface area (Å²) in [6.07, 6.45) is 2.16. The molecule has 0 N–H and O–H groups in total. The highest BCUT2D eigenvalue weighted by molar-refractivity contribution is 5.99. The van der Waals surface area contributed by atoms with Crippen LogP contribution in [0, 0.1) is 16.2 Å². The van der Waals surface area contributed by atoms with Gasteiger partial charge in [0.15, 0.2) is 5.78 Å². The Labute approximate surface area is 120 Å². The standard InChI is InChI=1S/C13H18NO.ClHO4/c1-14(2,3)12-8-6-11(7-9-12)13(15)10-4-5-10;2-1(3,4)5/h6-10H,4-5H2,1-3H3;(H,2,3,4,5)/q+1;/p-1. The van der Waals surface area contributed by atoms with Crippen molar-refractivity contribution in [1.82, 2.24) is 4.48 Å². The van der Waals surface area contributed by atoms with Crippen molar-refractivity contribution < 1.29 is 33.7 Å². The summed E-state index contributed by atoms with van der Waals surface area (Å²) in [5, 5.41) is 0. The van der Waals surface area contributed by atoms with Gasteiger partial charge in [0.25, 0.3) is 0 Å². The summed E-state index contributed by atoms with van der Waals surface area (Å²) in [6, 6.07) is 8.02. The van der Waals surface area contributed by atoms with Crippen LogP contribution < -0.4 is 23.1 Å². The van der Waals surface area contributed by atoms with Gasteiger partial charge in [0.1, 0.15) is 5.69 Å². The number of carbonyl (C=O) groups is 1. The van der Waals surface area contributed by atoms with Gasteiger partial charge in [-0.15, -0.1) is 10.2 Å². The van der Waals surface area contributed by atoms with E-state index in [0.29, 0.717) is 11.7 Å². The van der Waals surface area contributed by atoms with Crippen molar-refractivity contribution in [2.24, 2.45) is 5.92 Å². The van der Waals surface area contributed by atoms with Crippen molar-refractivity contribution in [2.45, 2.75) is 12.8 Å². The van der Waals surface area contributed by atoms with E-state index in [2.05, 4.69) is 33.3 Å². The van der Waals surface area contributed by atoms with Crippen LogP contribution in [0.4, 0.5) is 5.69 Å². The van der Waals surface area contributed by atoms with Crippen LogP contribution in [-0.4, -0.2) is 26.9 Å². The first-order valence-corrected chi connectivity index (χ1v) is 7.30. The highest BCUT2D eigenvalue weighted by Gasteiger charge is 2.30. The minimum Gasteiger partial charge on any atom is -0.298 e. The van der Waals surface area contributed by atoms with Crippen molar-refractivity contribution >= 4 is 11.5 Å². The number of ketones is 1. The second-order valence-electron chi connectivity index (χ2n) is 5.58. The maximum atomic E-state index is 11.8. The van der Waals surface area contributed by atoms with Crippen LogP contribution in [0.25, 0.3) is 0 Å². The lowest BCUT2D eigenvalue weighted by Crippen LogP contribution is -2.68. The molecule has 0 unspecified atom stereocenters. The third-order valence-corrected chi connectivity index (χ3v) is 2.87. The largest absolute Gasteiger partial charge is 0.298 e. The molecular formula is C13H18ClNO5. The number of hydrogen-bond acceptors (Lipinski definition) is 5. The Morgan fingerprint density at radius 2 is 1.45 bits per heavy atom. The van der Waals surface area contributed by atoms with E-state index < -0.39 is 10.2 Å². The van der Waals surface area contributed by atoms with Crippen LogP contribution in [-0.2, 0) is 0 Å². The van der Waals surface area contributed by atoms with Gasteiger partial charge >= 0.3 is 0 Å². The van der Waals surface area contributed by atoms with E-state index in [1.54, 1.807) is 0 Å². The average Bonchev–Trinajstić information content (AvgIpc) is 3.08. The van der Waals surface area contributed by atoms with Crippen LogP contribution in [0.2, 0.25) is 0 Å². The van der Waals surface area contributed by atoms with Gasteiger partial charge < -0.3 is 0 Å². The number of carbonyl (C=O) groups excluding carboxylic acids is 1. The summed E-state index contributed by atoms with van der Waals surface area (Å²) in [4.78, 5) is 11.8. The predicted molar refractivity (Wildman–Crippen MR) is 63.1 cm³/mol. The molecule has 0 saturated heterocycles. The number of hydrogen-bond donors (Lipinski definition) is 0. The third-order valence-electron chi connectivity index (χ3n) is 2.87. The van der Waals surface area contributed by atoms with Gasteiger partial charge in [-0.2, -0.15) is 0 Å². The van der Waals surface area contributed by atoms with Gasteiger partial charge in [-0.05, 0) is 37.1 Å². The van der Waals surface area contributed by atoms with Crippen molar-refractivity contribution in [1.29, 1.82) is 0 Å². The van der Waals surface area contributed by atoms with Crippen molar-refractivity contribution in [3.05, 3.63) is 29.8 Å². The minimum absolute atomic E-state index is 0.319. The summed E-state index contributed by atoms with van der Waals surface area (Å²) in [5.41, 5.74) is 2.09. The maximum Gasteiger partial charge on any atom is 0.165 e. The first-order chi connectivity index (χ1) is 8.98. The zero-order valence-corrected chi connectivity index (χ0v) is 12.4. The molecule has 112 valence electrons. The van der Waals surface area contributed by atoms with E-state index in [4.69, 9.17) is 18.6 Å². The van der Waals surface area contributed by atoms with Gasteiger partial charge in [-0.1, -0.05) is 0 Å². The molecule has 0 atom stereocenters. The summed E-state index contributed by atoms with van der Waals surface area (Å²) in [5.74, 6) is 0.642. The SMILES string of the molecule is C[N+](C)(C)c1ccc(C(=O)C2CC2)cc1.[O-][Cl+3]([O-])([O-])[O-]. The molecule has 20 heavy (non-hydrogen) atoms. The fraction of sp³-hybridized carbons (Fsp3) is 0.462. The molecule has 6 nitrogen and oxygen atoms in total. The Balaban J connectivity index is 0.000000347. The van der Waals surface area contributed by atoms with E-state index in [0.717, 1.165) is 22.9 Å². The van der Waals surface area contributed by atoms with Gasteiger partial charge in [-0.3, -0.25) is 9.28 Å². The van der Waals surface area contributed by atoms with Gasteiger partial charge in [0.2, 0.25) is 0 Å². The Bertz CT molecular complexity index is 451. The molecule has 0 bridgehead atoms. The minimum atomic E-state index is -4.94. The lowest BCUT2D eigenvalue weighted by molar-refractivity contribution is -2.00. The predicted octanol–water partition coefficient (Wildman–Crippen LogP) is -2.28. The number of rotatable bonds is 3. The molecule has 1 aliphatic rings. The molecular weight excluding hydrogens is 286 g/mol. The van der Waals surface area contributed by atoms with Gasteiger partial charge in [-0.25, -0.2) is 18.6 Å². The number of halogens is 1. The molecule has 1 saturated carbocycles. The van der Waals surface area contributed by atoms with Crippen LogP contribution in [0.1, 0.15) is 23.2 Å². The molecule has 0 spiro atoms. The maximum absolute atomic E-state index is 11.8. The molecule has 0 aromatic heterocycles. The van der Waals surface area contributed by atoms with Gasteiger partial charge in [0.05, 0.1) is 21.1 Å². The molecule has 1 aromatic carbocycles. The van der Waals surface area contributed by atoms with E-state index in [9.17, 15) is 4.79 Å². The summed E-state index contributed by atoms with van der Waals surface area (Å²) < 4.78 is 34.8.